The van der Waals surface area contributed by atoms with Crippen molar-refractivity contribution in [2.24, 2.45) is 0 Å². The number of benzene rings is 2. The molecule has 0 aliphatic carbocycles. The van der Waals surface area contributed by atoms with Gasteiger partial charge in [-0.3, -0.25) is 0 Å². The van der Waals surface area contributed by atoms with Crippen LogP contribution in [0.25, 0.3) is 0 Å². The second-order valence-corrected chi connectivity index (χ2v) is 6.30. The molecule has 0 aromatic heterocycles. The second-order valence-electron chi connectivity index (χ2n) is 5.89. The monoisotopic (exact) mass is 353 g/mol. The van der Waals surface area contributed by atoms with Gasteiger partial charge >= 0.3 is 6.18 Å². The Balaban J connectivity index is 1.96. The van der Waals surface area contributed by atoms with E-state index in [9.17, 15) is 18.0 Å². The quantitative estimate of drug-likeness (QED) is 0.787. The van der Waals surface area contributed by atoms with Gasteiger partial charge in [-0.25, -0.2) is 0 Å². The number of para-hydroxylation sites is 1. The topological polar surface area (TPSA) is 38.3 Å². The average Bonchev–Trinajstić information content (AvgIpc) is 3.06. The fourth-order valence-electron chi connectivity index (χ4n) is 3.59. The molecular weight excluding hydrogens is 343 g/mol. The van der Waals surface area contributed by atoms with E-state index in [4.69, 9.17) is 16.3 Å². The van der Waals surface area contributed by atoms with Crippen LogP contribution in [0, 0.1) is 0 Å². The summed E-state index contributed by atoms with van der Waals surface area (Å²) in [6.07, 6.45) is -3.81. The number of nitrogens with one attached hydrogen (secondary N) is 1. The van der Waals surface area contributed by atoms with Crippen LogP contribution in [-0.4, -0.2) is 18.9 Å². The number of carbonyl (C=O) groups excluding carboxylic acids is 1. The highest BCUT2D eigenvalue weighted by molar-refractivity contribution is 6.31. The first-order chi connectivity index (χ1) is 11.4. The summed E-state index contributed by atoms with van der Waals surface area (Å²) in [6.45, 7) is 0.0768. The van der Waals surface area contributed by atoms with Crippen LogP contribution in [0.3, 0.4) is 0 Å². The summed E-state index contributed by atoms with van der Waals surface area (Å²) in [5.41, 5.74) is 0.261. The molecule has 2 atom stereocenters. The van der Waals surface area contributed by atoms with Gasteiger partial charge in [0.15, 0.2) is 0 Å². The number of hydrogen-bond donors (Lipinski definition) is 1. The van der Waals surface area contributed by atoms with Crippen LogP contribution in [0.4, 0.5) is 18.9 Å². The van der Waals surface area contributed by atoms with Crippen LogP contribution < -0.4 is 10.1 Å². The molecule has 2 aromatic carbocycles. The minimum Gasteiger partial charge on any atom is -0.492 e. The molecule has 0 radical (unpaired) electrons. The molecule has 1 N–H and O–H groups in total. The Morgan fingerprint density at radius 3 is 2.71 bits per heavy atom. The molecule has 1 spiro atoms. The van der Waals surface area contributed by atoms with E-state index in [0.717, 1.165) is 23.6 Å². The summed E-state index contributed by atoms with van der Waals surface area (Å²) < 4.78 is 44.7. The SMILES string of the molecule is O=CC1Nc2ccccc2C12COc1cc(C(F)(F)F)c(Cl)cc12. The first-order valence-electron chi connectivity index (χ1n) is 7.23. The standard InChI is InChI=1S/C17H11ClF3NO2/c18-12-5-11-14(6-10(12)17(19,20)21)24-8-16(11)9-3-1-2-4-13(9)22-15(16)7-23/h1-7,15,22H,8H2. The molecular formula is C17H11ClF3NO2. The van der Waals surface area contributed by atoms with Gasteiger partial charge in [0.2, 0.25) is 0 Å². The average molecular weight is 354 g/mol. The molecule has 0 fully saturated rings. The molecule has 3 nitrogen and oxygen atoms in total. The number of aldehydes is 1. The van der Waals surface area contributed by atoms with Gasteiger partial charge in [0.05, 0.1) is 22.0 Å². The molecule has 2 aromatic rings. The van der Waals surface area contributed by atoms with E-state index >= 15 is 0 Å². The molecule has 24 heavy (non-hydrogen) atoms. The van der Waals surface area contributed by atoms with Crippen LogP contribution >= 0.6 is 11.6 Å². The normalized spacial score (nSPS) is 24.2. The third-order valence-corrected chi connectivity index (χ3v) is 5.01. The summed E-state index contributed by atoms with van der Waals surface area (Å²) in [5, 5.41) is 2.71. The lowest BCUT2D eigenvalue weighted by Gasteiger charge is -2.27. The Morgan fingerprint density at radius 2 is 2.00 bits per heavy atom. The maximum absolute atomic E-state index is 13.1. The first kappa shape index (κ1) is 15.3. The second kappa shape index (κ2) is 4.89. The van der Waals surface area contributed by atoms with E-state index in [1.165, 1.54) is 6.07 Å². The van der Waals surface area contributed by atoms with E-state index in [2.05, 4.69) is 5.32 Å². The lowest BCUT2D eigenvalue weighted by atomic mass is 9.73. The summed E-state index contributed by atoms with van der Waals surface area (Å²) in [5.74, 6) is 0.108. The predicted octanol–water partition coefficient (Wildman–Crippen LogP) is 4.03. The van der Waals surface area contributed by atoms with Gasteiger partial charge in [-0.2, -0.15) is 13.2 Å². The lowest BCUT2D eigenvalue weighted by Crippen LogP contribution is -2.42. The van der Waals surface area contributed by atoms with Crippen LogP contribution in [0.15, 0.2) is 36.4 Å². The minimum atomic E-state index is -4.57. The van der Waals surface area contributed by atoms with Gasteiger partial charge in [0.1, 0.15) is 18.6 Å². The highest BCUT2D eigenvalue weighted by Crippen LogP contribution is 2.54. The van der Waals surface area contributed by atoms with Crippen molar-refractivity contribution in [3.8, 4) is 5.75 Å². The van der Waals surface area contributed by atoms with Crippen LogP contribution in [-0.2, 0) is 16.4 Å². The molecule has 2 aliphatic rings. The lowest BCUT2D eigenvalue weighted by molar-refractivity contribution is -0.137. The third kappa shape index (κ3) is 1.89. The van der Waals surface area contributed by atoms with Gasteiger partial charge in [0, 0.05) is 11.3 Å². The van der Waals surface area contributed by atoms with Gasteiger partial charge in [-0.05, 0) is 23.8 Å². The number of ether oxygens (including phenoxy) is 1. The Hall–Kier alpha value is -2.21. The number of hydrogen-bond acceptors (Lipinski definition) is 3. The number of fused-ring (bicyclic) bond motifs is 4. The zero-order valence-electron chi connectivity index (χ0n) is 12.2. The highest BCUT2D eigenvalue weighted by atomic mass is 35.5. The Bertz CT molecular complexity index is 852. The predicted molar refractivity (Wildman–Crippen MR) is 82.6 cm³/mol. The number of halogens is 4. The largest absolute Gasteiger partial charge is 0.492 e. The molecule has 0 saturated heterocycles. The Morgan fingerprint density at radius 1 is 1.25 bits per heavy atom. The van der Waals surface area contributed by atoms with E-state index < -0.39 is 28.2 Å². The molecule has 0 amide bonds. The Labute approximate surface area is 140 Å². The summed E-state index contributed by atoms with van der Waals surface area (Å²) >= 11 is 5.89. The molecule has 2 aliphatic heterocycles. The van der Waals surface area contributed by atoms with E-state index in [1.807, 2.05) is 24.3 Å². The zero-order valence-corrected chi connectivity index (χ0v) is 12.9. The fourth-order valence-corrected chi connectivity index (χ4v) is 3.87. The molecule has 2 unspecified atom stereocenters. The van der Waals surface area contributed by atoms with Gasteiger partial charge in [-0.15, -0.1) is 0 Å². The highest BCUT2D eigenvalue weighted by Gasteiger charge is 2.54. The molecule has 0 bridgehead atoms. The van der Waals surface area contributed by atoms with E-state index in [0.29, 0.717) is 5.56 Å². The van der Waals surface area contributed by atoms with Gasteiger partial charge < -0.3 is 14.8 Å². The van der Waals surface area contributed by atoms with Crippen molar-refractivity contribution in [3.63, 3.8) is 0 Å². The van der Waals surface area contributed by atoms with Crippen molar-refractivity contribution in [3.05, 3.63) is 58.1 Å². The zero-order chi connectivity index (χ0) is 17.1. The minimum absolute atomic E-state index is 0.0768. The maximum Gasteiger partial charge on any atom is 0.417 e. The van der Waals surface area contributed by atoms with E-state index in [-0.39, 0.29) is 12.4 Å². The fraction of sp³-hybridized carbons (Fsp3) is 0.235. The summed E-state index contributed by atoms with van der Waals surface area (Å²) in [7, 11) is 0. The van der Waals surface area contributed by atoms with Crippen molar-refractivity contribution in [2.75, 3.05) is 11.9 Å². The maximum atomic E-state index is 13.1. The molecule has 4 rings (SSSR count). The van der Waals surface area contributed by atoms with Crippen molar-refractivity contribution in [1.82, 2.24) is 0 Å². The van der Waals surface area contributed by atoms with Crippen LogP contribution in [0.2, 0.25) is 5.02 Å². The van der Waals surface area contributed by atoms with Crippen LogP contribution in [0.1, 0.15) is 16.7 Å². The van der Waals surface area contributed by atoms with Crippen molar-refractivity contribution in [1.29, 1.82) is 0 Å². The number of carbonyl (C=O) groups is 1. The number of anilines is 1. The van der Waals surface area contributed by atoms with Crippen molar-refractivity contribution < 1.29 is 22.7 Å². The van der Waals surface area contributed by atoms with Gasteiger partial charge in [-0.1, -0.05) is 29.8 Å². The van der Waals surface area contributed by atoms with Crippen molar-refractivity contribution >= 4 is 23.6 Å². The summed E-state index contributed by atoms with van der Waals surface area (Å²) in [6, 6.07) is 8.86. The molecule has 0 saturated carbocycles. The molecule has 7 heteroatoms. The molecule has 2 heterocycles. The third-order valence-electron chi connectivity index (χ3n) is 4.70. The Kier molecular flexibility index (Phi) is 3.12. The smallest absolute Gasteiger partial charge is 0.417 e. The van der Waals surface area contributed by atoms with E-state index in [1.54, 1.807) is 0 Å². The van der Waals surface area contributed by atoms with Gasteiger partial charge in [0.25, 0.3) is 0 Å². The first-order valence-corrected chi connectivity index (χ1v) is 7.61. The summed E-state index contributed by atoms with van der Waals surface area (Å²) in [4.78, 5) is 11.6. The van der Waals surface area contributed by atoms with Crippen molar-refractivity contribution in [2.45, 2.75) is 17.6 Å². The molecule has 124 valence electrons. The number of alkyl halides is 3. The number of rotatable bonds is 1. The van der Waals surface area contributed by atoms with Crippen LogP contribution in [0.5, 0.6) is 5.75 Å².